The lowest BCUT2D eigenvalue weighted by Gasteiger charge is -2.44. The van der Waals surface area contributed by atoms with E-state index in [9.17, 15) is 29.1 Å². The highest BCUT2D eigenvalue weighted by molar-refractivity contribution is 7.11. The average molecular weight is 612 g/mol. The number of ketones is 1. The van der Waals surface area contributed by atoms with Crippen molar-refractivity contribution in [1.29, 1.82) is 0 Å². The minimum atomic E-state index is -1.08. The number of thiazole rings is 1. The van der Waals surface area contributed by atoms with E-state index in [0.29, 0.717) is 25.7 Å². The Hall–Kier alpha value is -4.33. The van der Waals surface area contributed by atoms with Crippen molar-refractivity contribution in [3.8, 4) is 0 Å². The molecule has 13 nitrogen and oxygen atoms in total. The summed E-state index contributed by atoms with van der Waals surface area (Å²) in [5.41, 5.74) is 11.8. The zero-order valence-corrected chi connectivity index (χ0v) is 24.6. The number of piperazine rings is 1. The molecule has 6 N–H and O–H groups in total. The highest BCUT2D eigenvalue weighted by atomic mass is 32.1. The largest absolute Gasteiger partial charge is 0.481 e. The molecule has 4 rings (SSSR count). The van der Waals surface area contributed by atoms with E-state index in [1.54, 1.807) is 5.38 Å². The summed E-state index contributed by atoms with van der Waals surface area (Å²) in [6.07, 6.45) is 3.36. The Morgan fingerprint density at radius 3 is 2.58 bits per heavy atom. The Balaban J connectivity index is 1.47. The molecule has 2 aliphatic rings. The van der Waals surface area contributed by atoms with Gasteiger partial charge in [0.2, 0.25) is 23.5 Å². The molecule has 43 heavy (non-hydrogen) atoms. The molecule has 3 amide bonds. The lowest BCUT2D eigenvalue weighted by atomic mass is 10.00. The predicted molar refractivity (Wildman–Crippen MR) is 159 cm³/mol. The average Bonchev–Trinajstić information content (AvgIpc) is 3.68. The number of carboxylic acid groups (broad SMARTS) is 1. The van der Waals surface area contributed by atoms with Gasteiger partial charge in [0, 0.05) is 37.5 Å². The number of carbonyl (C=O) groups is 5. The van der Waals surface area contributed by atoms with Crippen LogP contribution in [0.5, 0.6) is 0 Å². The number of Topliss-reactive ketones (excluding diaryl/α,β-unsaturated/α-hetero) is 1. The Morgan fingerprint density at radius 1 is 1.14 bits per heavy atom. The summed E-state index contributed by atoms with van der Waals surface area (Å²) in [6.45, 7) is 0.489. The molecule has 1 aromatic carbocycles. The van der Waals surface area contributed by atoms with Crippen LogP contribution in [0.2, 0.25) is 0 Å². The standard InChI is InChI=1S/C29H37N7O6S/c30-29(31)33-14-4-7-20(25(40)27-32-15-16-43-27)34-26(41)21-10-9-19-17-35(22(11-13-24(38)39)28(42)36(19)21)23(37)12-8-18-5-2-1-3-6-18/h1-3,5-6,15-16,19-22H,4,7-14,17H2,(H,34,41)(H,38,39)(H4,30,31,33). The predicted octanol–water partition coefficient (Wildman–Crippen LogP) is 0.932. The molecule has 1 aromatic heterocycles. The molecule has 14 heteroatoms. The van der Waals surface area contributed by atoms with E-state index >= 15 is 0 Å². The summed E-state index contributed by atoms with van der Waals surface area (Å²) in [4.78, 5) is 76.4. The molecule has 3 heterocycles. The molecule has 2 aliphatic heterocycles. The smallest absolute Gasteiger partial charge is 0.303 e. The maximum atomic E-state index is 13.9. The van der Waals surface area contributed by atoms with Crippen LogP contribution < -0.4 is 16.8 Å². The quantitative estimate of drug-likeness (QED) is 0.104. The number of aryl methyl sites for hydroxylation is 1. The summed E-state index contributed by atoms with van der Waals surface area (Å²) >= 11 is 1.17. The van der Waals surface area contributed by atoms with Gasteiger partial charge >= 0.3 is 5.97 Å². The number of aliphatic carboxylic acids is 1. The van der Waals surface area contributed by atoms with Crippen molar-refractivity contribution in [1.82, 2.24) is 20.1 Å². The molecule has 4 atom stereocenters. The summed E-state index contributed by atoms with van der Waals surface area (Å²) < 4.78 is 0. The van der Waals surface area contributed by atoms with Crippen LogP contribution in [0.15, 0.2) is 46.9 Å². The lowest BCUT2D eigenvalue weighted by molar-refractivity contribution is -0.158. The van der Waals surface area contributed by atoms with E-state index in [1.165, 1.54) is 27.3 Å². The second kappa shape index (κ2) is 14.7. The fraction of sp³-hybridized carbons (Fsp3) is 0.483. The van der Waals surface area contributed by atoms with Gasteiger partial charge in [-0.3, -0.25) is 29.0 Å². The van der Waals surface area contributed by atoms with Gasteiger partial charge in [-0.2, -0.15) is 0 Å². The van der Waals surface area contributed by atoms with Crippen molar-refractivity contribution >= 4 is 46.8 Å². The van der Waals surface area contributed by atoms with Crippen LogP contribution >= 0.6 is 11.3 Å². The van der Waals surface area contributed by atoms with E-state index in [2.05, 4.69) is 15.3 Å². The summed E-state index contributed by atoms with van der Waals surface area (Å²) in [6, 6.07) is 6.39. The maximum Gasteiger partial charge on any atom is 0.303 e. The number of aliphatic imine (C=N–C) groups is 1. The van der Waals surface area contributed by atoms with Gasteiger partial charge in [-0.05, 0) is 44.1 Å². The number of nitrogens with one attached hydrogen (secondary N) is 1. The zero-order valence-electron chi connectivity index (χ0n) is 23.8. The highest BCUT2D eigenvalue weighted by Gasteiger charge is 2.50. The third-order valence-corrected chi connectivity index (χ3v) is 8.56. The van der Waals surface area contributed by atoms with Gasteiger partial charge in [0.1, 0.15) is 12.1 Å². The van der Waals surface area contributed by atoms with Crippen LogP contribution in [0, 0.1) is 0 Å². The van der Waals surface area contributed by atoms with E-state index in [0.717, 1.165) is 5.56 Å². The molecular weight excluding hydrogens is 574 g/mol. The van der Waals surface area contributed by atoms with Crippen LogP contribution in [-0.4, -0.2) is 92.6 Å². The SMILES string of the molecule is NC(N)=NCCCC(NC(=O)C1CCC2CN(C(=O)CCc3ccccc3)C(CCC(=O)O)C(=O)N21)C(=O)c1nccs1. The Labute approximate surface area is 253 Å². The van der Waals surface area contributed by atoms with Crippen molar-refractivity contribution in [3.05, 3.63) is 52.5 Å². The van der Waals surface area contributed by atoms with E-state index in [4.69, 9.17) is 11.5 Å². The lowest BCUT2D eigenvalue weighted by Crippen LogP contribution is -2.64. The first kappa shape index (κ1) is 31.6. The number of rotatable bonds is 14. The molecule has 4 unspecified atom stereocenters. The molecule has 0 aliphatic carbocycles. The molecule has 230 valence electrons. The second-order valence-electron chi connectivity index (χ2n) is 10.7. The third-order valence-electron chi connectivity index (χ3n) is 7.77. The molecular formula is C29H37N7O6S. The molecule has 0 radical (unpaired) electrons. The van der Waals surface area contributed by atoms with Gasteiger partial charge in [-0.15, -0.1) is 11.3 Å². The third kappa shape index (κ3) is 8.15. The van der Waals surface area contributed by atoms with Gasteiger partial charge in [0.15, 0.2) is 11.0 Å². The number of nitrogens with zero attached hydrogens (tertiary/aromatic N) is 4. The number of guanidine groups is 1. The molecule has 2 aromatic rings. The van der Waals surface area contributed by atoms with Crippen molar-refractivity contribution in [2.24, 2.45) is 16.5 Å². The molecule has 0 spiro atoms. The van der Waals surface area contributed by atoms with E-state index in [-0.39, 0.29) is 67.5 Å². The molecule has 0 saturated carbocycles. The number of nitrogens with two attached hydrogens (primary N) is 2. The van der Waals surface area contributed by atoms with Gasteiger partial charge in [0.25, 0.3) is 0 Å². The number of aromatic nitrogens is 1. The first-order valence-corrected chi connectivity index (χ1v) is 15.2. The first-order chi connectivity index (χ1) is 20.7. The maximum absolute atomic E-state index is 13.9. The van der Waals surface area contributed by atoms with Crippen LogP contribution in [-0.2, 0) is 25.6 Å². The van der Waals surface area contributed by atoms with Gasteiger partial charge in [-0.1, -0.05) is 30.3 Å². The number of hydrogen-bond acceptors (Lipinski definition) is 8. The van der Waals surface area contributed by atoms with Gasteiger partial charge in [0.05, 0.1) is 12.1 Å². The van der Waals surface area contributed by atoms with Crippen LogP contribution in [0.1, 0.15) is 60.3 Å². The molecule has 2 fully saturated rings. The Morgan fingerprint density at radius 2 is 1.91 bits per heavy atom. The number of hydrogen-bond donors (Lipinski definition) is 4. The van der Waals surface area contributed by atoms with Gasteiger partial charge in [-0.25, -0.2) is 4.98 Å². The monoisotopic (exact) mass is 611 g/mol. The number of fused-ring (bicyclic) bond motifs is 1. The minimum absolute atomic E-state index is 0.0568. The summed E-state index contributed by atoms with van der Waals surface area (Å²) in [7, 11) is 0. The Kier molecular flexibility index (Phi) is 10.8. The topological polar surface area (TPSA) is 201 Å². The minimum Gasteiger partial charge on any atom is -0.481 e. The number of carbonyl (C=O) groups excluding carboxylic acids is 4. The molecule has 2 saturated heterocycles. The Bertz CT molecular complexity index is 1330. The fourth-order valence-corrected chi connectivity index (χ4v) is 6.33. The van der Waals surface area contributed by atoms with Crippen LogP contribution in [0.3, 0.4) is 0 Å². The van der Waals surface area contributed by atoms with Crippen molar-refractivity contribution in [2.45, 2.75) is 75.5 Å². The van der Waals surface area contributed by atoms with E-state index in [1.807, 2.05) is 30.3 Å². The number of carboxylic acids is 1. The number of benzene rings is 1. The van der Waals surface area contributed by atoms with Crippen molar-refractivity contribution in [3.63, 3.8) is 0 Å². The summed E-state index contributed by atoms with van der Waals surface area (Å²) in [5, 5.41) is 14.1. The normalized spacial score (nSPS) is 20.3. The fourth-order valence-electron chi connectivity index (χ4n) is 5.70. The van der Waals surface area contributed by atoms with Gasteiger partial charge < -0.3 is 31.7 Å². The highest BCUT2D eigenvalue weighted by Crippen LogP contribution is 2.33. The molecule has 0 bridgehead atoms. The number of amides is 3. The van der Waals surface area contributed by atoms with Crippen molar-refractivity contribution < 1.29 is 29.1 Å². The van der Waals surface area contributed by atoms with Crippen LogP contribution in [0.4, 0.5) is 0 Å². The summed E-state index contributed by atoms with van der Waals surface area (Å²) in [5.74, 6) is -2.65. The van der Waals surface area contributed by atoms with E-state index < -0.39 is 35.9 Å². The van der Waals surface area contributed by atoms with Crippen LogP contribution in [0.25, 0.3) is 0 Å². The second-order valence-corrected chi connectivity index (χ2v) is 11.6. The van der Waals surface area contributed by atoms with Crippen molar-refractivity contribution in [2.75, 3.05) is 13.1 Å². The zero-order chi connectivity index (χ0) is 30.9. The first-order valence-electron chi connectivity index (χ1n) is 14.3.